The van der Waals surface area contributed by atoms with Crippen molar-refractivity contribution in [2.75, 3.05) is 7.11 Å². The second-order valence-corrected chi connectivity index (χ2v) is 4.89. The van der Waals surface area contributed by atoms with Crippen molar-refractivity contribution in [2.24, 2.45) is 0 Å². The molecule has 0 bridgehead atoms. The first-order valence-electron chi connectivity index (χ1n) is 6.77. The van der Waals surface area contributed by atoms with Crippen LogP contribution in [0, 0.1) is 20.8 Å². The van der Waals surface area contributed by atoms with Crippen LogP contribution in [0.1, 0.15) is 33.1 Å². The SMILES string of the molecule is COc1cc(C(=O)OCc2nc(C)c(C)nc2C)ccc1O. The van der Waals surface area contributed by atoms with Gasteiger partial charge >= 0.3 is 5.97 Å². The summed E-state index contributed by atoms with van der Waals surface area (Å²) in [6.45, 7) is 5.61. The number of nitrogens with zero attached hydrogens (tertiary/aromatic N) is 2. The van der Waals surface area contributed by atoms with E-state index in [1.807, 2.05) is 20.8 Å². The maximum atomic E-state index is 12.1. The highest BCUT2D eigenvalue weighted by Crippen LogP contribution is 2.26. The molecule has 0 radical (unpaired) electrons. The van der Waals surface area contributed by atoms with Crippen LogP contribution in [0.25, 0.3) is 0 Å². The number of aromatic nitrogens is 2. The minimum atomic E-state index is -0.516. The second kappa shape index (κ2) is 6.43. The maximum absolute atomic E-state index is 12.1. The van der Waals surface area contributed by atoms with Crippen molar-refractivity contribution in [1.82, 2.24) is 9.97 Å². The van der Waals surface area contributed by atoms with Gasteiger partial charge < -0.3 is 14.6 Å². The van der Waals surface area contributed by atoms with Crippen LogP contribution in [0.5, 0.6) is 11.5 Å². The fourth-order valence-electron chi connectivity index (χ4n) is 1.92. The van der Waals surface area contributed by atoms with Gasteiger partial charge in [0.05, 0.1) is 35.4 Å². The van der Waals surface area contributed by atoms with Crippen LogP contribution in [0.2, 0.25) is 0 Å². The van der Waals surface area contributed by atoms with Gasteiger partial charge in [0.15, 0.2) is 11.5 Å². The molecule has 0 unspecified atom stereocenters. The summed E-state index contributed by atoms with van der Waals surface area (Å²) in [5.74, 6) is -0.329. The molecular weight excluding hydrogens is 284 g/mol. The van der Waals surface area contributed by atoms with Crippen molar-refractivity contribution in [3.05, 3.63) is 46.5 Å². The van der Waals surface area contributed by atoms with Crippen molar-refractivity contribution in [2.45, 2.75) is 27.4 Å². The predicted molar refractivity (Wildman–Crippen MR) is 80.0 cm³/mol. The number of hydrogen-bond donors (Lipinski definition) is 1. The van der Waals surface area contributed by atoms with E-state index >= 15 is 0 Å². The van der Waals surface area contributed by atoms with E-state index in [-0.39, 0.29) is 18.1 Å². The standard InChI is InChI=1S/C16H18N2O4/c1-9-10(2)18-13(11(3)17-9)8-22-16(20)12-5-6-14(19)15(7-12)21-4/h5-7,19H,8H2,1-4H3. The van der Waals surface area contributed by atoms with Gasteiger partial charge in [-0.05, 0) is 39.0 Å². The quantitative estimate of drug-likeness (QED) is 0.874. The highest BCUT2D eigenvalue weighted by molar-refractivity contribution is 5.90. The number of carbonyl (C=O) groups excluding carboxylic acids is 1. The van der Waals surface area contributed by atoms with E-state index in [9.17, 15) is 9.90 Å². The normalized spacial score (nSPS) is 10.4. The minimum absolute atomic E-state index is 0.0325. The monoisotopic (exact) mass is 302 g/mol. The number of esters is 1. The van der Waals surface area contributed by atoms with Gasteiger partial charge in [0.2, 0.25) is 0 Å². The Morgan fingerprint density at radius 3 is 2.50 bits per heavy atom. The number of ether oxygens (including phenoxy) is 2. The van der Waals surface area contributed by atoms with E-state index < -0.39 is 5.97 Å². The van der Waals surface area contributed by atoms with Gasteiger partial charge in [0.25, 0.3) is 0 Å². The number of methoxy groups -OCH3 is 1. The molecule has 0 saturated heterocycles. The number of aryl methyl sites for hydroxylation is 3. The predicted octanol–water partition coefficient (Wildman–Crippen LogP) is 2.47. The third kappa shape index (κ3) is 3.33. The lowest BCUT2D eigenvalue weighted by Gasteiger charge is -2.10. The van der Waals surface area contributed by atoms with Crippen molar-refractivity contribution in [3.63, 3.8) is 0 Å². The zero-order valence-corrected chi connectivity index (χ0v) is 13.0. The smallest absolute Gasteiger partial charge is 0.338 e. The number of phenolic OH excluding ortho intramolecular Hbond substituents is 1. The first kappa shape index (κ1) is 15.8. The molecule has 0 aliphatic heterocycles. The number of aromatic hydroxyl groups is 1. The molecule has 1 aromatic heterocycles. The van der Waals surface area contributed by atoms with Gasteiger partial charge in [-0.2, -0.15) is 0 Å². The Balaban J connectivity index is 2.12. The molecule has 0 atom stereocenters. The van der Waals surface area contributed by atoms with E-state index in [1.165, 1.54) is 25.3 Å². The van der Waals surface area contributed by atoms with E-state index in [0.717, 1.165) is 17.1 Å². The minimum Gasteiger partial charge on any atom is -0.504 e. The topological polar surface area (TPSA) is 81.5 Å². The molecule has 1 aromatic carbocycles. The zero-order valence-electron chi connectivity index (χ0n) is 13.0. The van der Waals surface area contributed by atoms with Crippen molar-refractivity contribution in [1.29, 1.82) is 0 Å². The highest BCUT2D eigenvalue weighted by Gasteiger charge is 2.13. The molecule has 2 rings (SSSR count). The van der Waals surface area contributed by atoms with Crippen LogP contribution < -0.4 is 4.74 Å². The molecule has 1 heterocycles. The van der Waals surface area contributed by atoms with E-state index in [0.29, 0.717) is 11.3 Å². The van der Waals surface area contributed by atoms with Crippen LogP contribution in [-0.4, -0.2) is 28.2 Å². The number of carbonyl (C=O) groups is 1. The summed E-state index contributed by atoms with van der Waals surface area (Å²) in [6, 6.07) is 4.28. The highest BCUT2D eigenvalue weighted by atomic mass is 16.5. The summed E-state index contributed by atoms with van der Waals surface area (Å²) >= 11 is 0. The fraction of sp³-hybridized carbons (Fsp3) is 0.312. The van der Waals surface area contributed by atoms with Crippen molar-refractivity contribution < 1.29 is 19.4 Å². The summed E-state index contributed by atoms with van der Waals surface area (Å²) in [7, 11) is 1.41. The number of benzene rings is 1. The molecule has 0 aliphatic rings. The Hall–Kier alpha value is -2.63. The number of rotatable bonds is 4. The molecule has 0 fully saturated rings. The van der Waals surface area contributed by atoms with Gasteiger partial charge in [-0.25, -0.2) is 4.79 Å². The second-order valence-electron chi connectivity index (χ2n) is 4.89. The average Bonchev–Trinajstić information content (AvgIpc) is 2.49. The average molecular weight is 302 g/mol. The van der Waals surface area contributed by atoms with Crippen LogP contribution in [0.4, 0.5) is 0 Å². The van der Waals surface area contributed by atoms with Gasteiger partial charge in [-0.1, -0.05) is 0 Å². The fourth-order valence-corrected chi connectivity index (χ4v) is 1.92. The Labute approximate surface area is 128 Å². The van der Waals surface area contributed by atoms with E-state index in [1.54, 1.807) is 0 Å². The van der Waals surface area contributed by atoms with Crippen LogP contribution in [0.3, 0.4) is 0 Å². The number of phenols is 1. The third-order valence-electron chi connectivity index (χ3n) is 3.33. The first-order valence-corrected chi connectivity index (χ1v) is 6.77. The lowest BCUT2D eigenvalue weighted by atomic mass is 10.2. The molecule has 0 amide bonds. The van der Waals surface area contributed by atoms with E-state index in [2.05, 4.69) is 9.97 Å². The van der Waals surface area contributed by atoms with Crippen molar-refractivity contribution >= 4 is 5.97 Å². The maximum Gasteiger partial charge on any atom is 0.338 e. The molecule has 0 spiro atoms. The zero-order chi connectivity index (χ0) is 16.3. The van der Waals surface area contributed by atoms with Gasteiger partial charge in [0, 0.05) is 0 Å². The molecule has 6 nitrogen and oxygen atoms in total. The first-order chi connectivity index (χ1) is 10.4. The molecule has 6 heteroatoms. The Morgan fingerprint density at radius 2 is 1.82 bits per heavy atom. The Kier molecular flexibility index (Phi) is 4.60. The molecule has 0 aliphatic carbocycles. The molecule has 2 aromatic rings. The van der Waals surface area contributed by atoms with Crippen LogP contribution in [-0.2, 0) is 11.3 Å². The lowest BCUT2D eigenvalue weighted by Crippen LogP contribution is -2.09. The summed E-state index contributed by atoms with van der Waals surface area (Å²) in [4.78, 5) is 20.8. The van der Waals surface area contributed by atoms with Crippen molar-refractivity contribution in [3.8, 4) is 11.5 Å². The summed E-state index contributed by atoms with van der Waals surface area (Å²) in [6.07, 6.45) is 0. The van der Waals surface area contributed by atoms with Gasteiger partial charge in [-0.15, -0.1) is 0 Å². The lowest BCUT2D eigenvalue weighted by molar-refractivity contribution is 0.0466. The van der Waals surface area contributed by atoms with Gasteiger partial charge in [-0.3, -0.25) is 9.97 Å². The molecule has 0 saturated carbocycles. The van der Waals surface area contributed by atoms with Gasteiger partial charge in [0.1, 0.15) is 6.61 Å². The molecular formula is C16H18N2O4. The van der Waals surface area contributed by atoms with Crippen LogP contribution in [0.15, 0.2) is 18.2 Å². The Morgan fingerprint density at radius 1 is 1.14 bits per heavy atom. The summed E-state index contributed by atoms with van der Waals surface area (Å²) in [5, 5.41) is 9.52. The summed E-state index contributed by atoms with van der Waals surface area (Å²) in [5.41, 5.74) is 3.32. The largest absolute Gasteiger partial charge is 0.504 e. The Bertz CT molecular complexity index is 714. The van der Waals surface area contributed by atoms with Crippen LogP contribution >= 0.6 is 0 Å². The molecule has 22 heavy (non-hydrogen) atoms. The summed E-state index contributed by atoms with van der Waals surface area (Å²) < 4.78 is 10.2. The third-order valence-corrected chi connectivity index (χ3v) is 3.33. The molecule has 1 N–H and O–H groups in total. The van der Waals surface area contributed by atoms with E-state index in [4.69, 9.17) is 9.47 Å². The number of hydrogen-bond acceptors (Lipinski definition) is 6. The molecule has 116 valence electrons.